The molecule has 0 aliphatic heterocycles. The Morgan fingerprint density at radius 2 is 2.17 bits per heavy atom. The van der Waals surface area contributed by atoms with Crippen molar-refractivity contribution in [3.63, 3.8) is 0 Å². The van der Waals surface area contributed by atoms with E-state index in [2.05, 4.69) is 5.32 Å². The topological polar surface area (TPSA) is 103 Å². The van der Waals surface area contributed by atoms with Gasteiger partial charge in [-0.3, -0.25) is 4.79 Å². The first-order valence-electron chi connectivity index (χ1n) is 5.68. The molecule has 1 aromatic heterocycles. The van der Waals surface area contributed by atoms with Crippen LogP contribution in [-0.2, 0) is 7.05 Å². The molecule has 1 atom stereocenters. The van der Waals surface area contributed by atoms with Crippen LogP contribution in [-0.4, -0.2) is 28.0 Å². The van der Waals surface area contributed by atoms with E-state index in [0.717, 1.165) is 0 Å². The van der Waals surface area contributed by atoms with Crippen molar-refractivity contribution in [2.75, 3.05) is 6.54 Å². The second-order valence-corrected chi connectivity index (χ2v) is 4.51. The summed E-state index contributed by atoms with van der Waals surface area (Å²) in [7, 11) is 1.48. The van der Waals surface area contributed by atoms with E-state index in [0.29, 0.717) is 6.54 Å². The molecule has 0 spiro atoms. The van der Waals surface area contributed by atoms with Gasteiger partial charge in [-0.1, -0.05) is 13.8 Å². The molecule has 0 aliphatic carbocycles. The van der Waals surface area contributed by atoms with Crippen LogP contribution in [0.4, 0.5) is 5.82 Å². The van der Waals surface area contributed by atoms with E-state index in [1.54, 1.807) is 0 Å². The lowest BCUT2D eigenvalue weighted by atomic mass is 10.1. The molecule has 1 rings (SSSR count). The standard InChI is InChI=1S/C11H18N4O3/c1-7(2)8(12)6-13-11(16)9-4-5-10(14(9)3)15(17)18/h4-5,7-8H,6,12H2,1-3H3,(H,13,16). The van der Waals surface area contributed by atoms with Gasteiger partial charge in [0.25, 0.3) is 5.91 Å². The molecule has 7 nitrogen and oxygen atoms in total. The Hall–Kier alpha value is -1.89. The number of carbonyl (C=O) groups excluding carboxylic acids is 1. The van der Waals surface area contributed by atoms with Crippen molar-refractivity contribution in [3.05, 3.63) is 27.9 Å². The number of hydrogen-bond acceptors (Lipinski definition) is 4. The van der Waals surface area contributed by atoms with E-state index in [1.165, 1.54) is 23.7 Å². The Labute approximate surface area is 105 Å². The van der Waals surface area contributed by atoms with Crippen molar-refractivity contribution in [1.82, 2.24) is 9.88 Å². The third kappa shape index (κ3) is 3.07. The highest BCUT2D eigenvalue weighted by Crippen LogP contribution is 2.14. The molecule has 100 valence electrons. The second kappa shape index (κ2) is 5.63. The molecule has 1 heterocycles. The SMILES string of the molecule is CC(C)C(N)CNC(=O)c1ccc([N+](=O)[O-])n1C. The first-order valence-corrected chi connectivity index (χ1v) is 5.68. The number of aromatic nitrogens is 1. The minimum Gasteiger partial charge on any atom is -0.358 e. The zero-order chi connectivity index (χ0) is 13.9. The maximum Gasteiger partial charge on any atom is 0.323 e. The van der Waals surface area contributed by atoms with Crippen molar-refractivity contribution in [2.24, 2.45) is 18.7 Å². The van der Waals surface area contributed by atoms with Crippen LogP contribution in [0.15, 0.2) is 12.1 Å². The lowest BCUT2D eigenvalue weighted by Gasteiger charge is -2.15. The molecule has 0 aromatic carbocycles. The van der Waals surface area contributed by atoms with Gasteiger partial charge in [-0.05, 0) is 16.9 Å². The highest BCUT2D eigenvalue weighted by atomic mass is 16.6. The van der Waals surface area contributed by atoms with Crippen LogP contribution in [0, 0.1) is 16.0 Å². The van der Waals surface area contributed by atoms with E-state index < -0.39 is 4.92 Å². The van der Waals surface area contributed by atoms with E-state index in [-0.39, 0.29) is 29.4 Å². The minimum absolute atomic E-state index is 0.117. The quantitative estimate of drug-likeness (QED) is 0.594. The van der Waals surface area contributed by atoms with Gasteiger partial charge in [0, 0.05) is 18.7 Å². The Morgan fingerprint density at radius 3 is 2.61 bits per heavy atom. The molecule has 1 amide bonds. The summed E-state index contributed by atoms with van der Waals surface area (Å²) >= 11 is 0. The number of nitrogens with zero attached hydrogens (tertiary/aromatic N) is 2. The number of rotatable bonds is 5. The summed E-state index contributed by atoms with van der Waals surface area (Å²) in [6.45, 7) is 4.27. The van der Waals surface area contributed by atoms with Gasteiger partial charge >= 0.3 is 5.82 Å². The fourth-order valence-electron chi connectivity index (χ4n) is 1.45. The third-order valence-electron chi connectivity index (χ3n) is 2.87. The number of nitro groups is 1. The molecule has 0 fully saturated rings. The molecule has 0 bridgehead atoms. The number of carbonyl (C=O) groups is 1. The van der Waals surface area contributed by atoms with Crippen molar-refractivity contribution >= 4 is 11.7 Å². The fourth-order valence-corrected chi connectivity index (χ4v) is 1.45. The predicted octanol–water partition coefficient (Wildman–Crippen LogP) is 0.646. The van der Waals surface area contributed by atoms with Gasteiger partial charge in [-0.25, -0.2) is 4.57 Å². The number of amides is 1. The van der Waals surface area contributed by atoms with Crippen LogP contribution in [0.1, 0.15) is 24.3 Å². The number of nitrogens with two attached hydrogens (primary N) is 1. The van der Waals surface area contributed by atoms with Crippen molar-refractivity contribution in [3.8, 4) is 0 Å². The number of hydrogen-bond donors (Lipinski definition) is 2. The predicted molar refractivity (Wildman–Crippen MR) is 67.2 cm³/mol. The summed E-state index contributed by atoms with van der Waals surface area (Å²) in [5, 5.41) is 13.3. The van der Waals surface area contributed by atoms with E-state index in [4.69, 9.17) is 5.73 Å². The Bertz CT molecular complexity index is 453. The summed E-state index contributed by atoms with van der Waals surface area (Å²) < 4.78 is 1.25. The molecule has 0 radical (unpaired) electrons. The highest BCUT2D eigenvalue weighted by Gasteiger charge is 2.21. The molecular formula is C11H18N4O3. The molecular weight excluding hydrogens is 236 g/mol. The van der Waals surface area contributed by atoms with Crippen LogP contribution < -0.4 is 11.1 Å². The smallest absolute Gasteiger partial charge is 0.323 e. The van der Waals surface area contributed by atoms with Gasteiger partial charge in [0.15, 0.2) is 5.69 Å². The van der Waals surface area contributed by atoms with Crippen molar-refractivity contribution < 1.29 is 9.72 Å². The van der Waals surface area contributed by atoms with Crippen molar-refractivity contribution in [1.29, 1.82) is 0 Å². The molecule has 18 heavy (non-hydrogen) atoms. The lowest BCUT2D eigenvalue weighted by Crippen LogP contribution is -2.40. The van der Waals surface area contributed by atoms with Crippen LogP contribution in [0.25, 0.3) is 0 Å². The first-order chi connectivity index (χ1) is 8.34. The van der Waals surface area contributed by atoms with Gasteiger partial charge < -0.3 is 21.2 Å². The summed E-state index contributed by atoms with van der Waals surface area (Å²) in [5.74, 6) is -0.219. The van der Waals surface area contributed by atoms with Crippen LogP contribution in [0.3, 0.4) is 0 Å². The molecule has 0 aliphatic rings. The lowest BCUT2D eigenvalue weighted by molar-refractivity contribution is -0.391. The minimum atomic E-state index is -0.531. The largest absolute Gasteiger partial charge is 0.358 e. The monoisotopic (exact) mass is 254 g/mol. The Kier molecular flexibility index (Phi) is 4.43. The molecule has 0 saturated heterocycles. The molecule has 0 saturated carbocycles. The zero-order valence-corrected chi connectivity index (χ0v) is 10.7. The summed E-state index contributed by atoms with van der Waals surface area (Å²) in [6, 6.07) is 2.59. The summed E-state index contributed by atoms with van der Waals surface area (Å²) in [5.41, 5.74) is 6.05. The normalized spacial score (nSPS) is 12.5. The summed E-state index contributed by atoms with van der Waals surface area (Å²) in [6.07, 6.45) is 0. The van der Waals surface area contributed by atoms with E-state index in [1.807, 2.05) is 13.8 Å². The fraction of sp³-hybridized carbons (Fsp3) is 0.545. The Balaban J connectivity index is 2.71. The van der Waals surface area contributed by atoms with Gasteiger partial charge in [-0.15, -0.1) is 0 Å². The van der Waals surface area contributed by atoms with Gasteiger partial charge in [0.05, 0.1) is 7.05 Å². The number of nitrogens with one attached hydrogen (secondary N) is 1. The molecule has 1 unspecified atom stereocenters. The third-order valence-corrected chi connectivity index (χ3v) is 2.87. The van der Waals surface area contributed by atoms with Crippen LogP contribution >= 0.6 is 0 Å². The van der Waals surface area contributed by atoms with Crippen LogP contribution in [0.2, 0.25) is 0 Å². The molecule has 7 heteroatoms. The van der Waals surface area contributed by atoms with Gasteiger partial charge in [0.1, 0.15) is 0 Å². The molecule has 3 N–H and O–H groups in total. The average Bonchev–Trinajstić information content (AvgIpc) is 2.67. The van der Waals surface area contributed by atoms with Gasteiger partial charge in [-0.2, -0.15) is 0 Å². The average molecular weight is 254 g/mol. The molecule has 1 aromatic rings. The maximum absolute atomic E-state index is 11.8. The highest BCUT2D eigenvalue weighted by molar-refractivity contribution is 5.93. The Morgan fingerprint density at radius 1 is 1.56 bits per heavy atom. The zero-order valence-electron chi connectivity index (χ0n) is 10.7. The van der Waals surface area contributed by atoms with Crippen molar-refractivity contribution in [2.45, 2.75) is 19.9 Å². The van der Waals surface area contributed by atoms with E-state index in [9.17, 15) is 14.9 Å². The maximum atomic E-state index is 11.8. The summed E-state index contributed by atoms with van der Waals surface area (Å²) in [4.78, 5) is 21.9. The first kappa shape index (κ1) is 14.2. The van der Waals surface area contributed by atoms with Crippen LogP contribution in [0.5, 0.6) is 0 Å². The second-order valence-electron chi connectivity index (χ2n) is 4.51. The van der Waals surface area contributed by atoms with Gasteiger partial charge in [0.2, 0.25) is 0 Å². The van der Waals surface area contributed by atoms with E-state index >= 15 is 0 Å².